The van der Waals surface area contributed by atoms with Gasteiger partial charge in [0.15, 0.2) is 0 Å². The molecule has 0 radical (unpaired) electrons. The van der Waals surface area contributed by atoms with Gasteiger partial charge in [-0.05, 0) is 61.9 Å². The number of hydrogen-bond acceptors (Lipinski definition) is 3. The molecule has 5 nitrogen and oxygen atoms in total. The van der Waals surface area contributed by atoms with Gasteiger partial charge >= 0.3 is 6.09 Å². The lowest BCUT2D eigenvalue weighted by molar-refractivity contribution is 0.157. The van der Waals surface area contributed by atoms with Gasteiger partial charge in [-0.3, -0.25) is 0 Å². The average Bonchev–Trinajstić information content (AvgIpc) is 3.25. The number of ether oxygens (including phenoxy) is 2. The first-order chi connectivity index (χ1) is 16.5. The molecule has 0 saturated heterocycles. The molecule has 0 spiro atoms. The number of amides is 1. The standard InChI is InChI=1S/C27H26ClFN2O3/c1-4-30(5-2)27(32)34-25-14-13-24-20(26(25)18-9-11-19(33-3)12-10-18)15-16-31(24)17-21-22(28)7-6-8-23(21)29/h6-16H,4-5,17H2,1-3H3. The second-order valence-corrected chi connectivity index (χ2v) is 8.19. The Morgan fingerprint density at radius 2 is 1.76 bits per heavy atom. The fraction of sp³-hybridized carbons (Fsp3) is 0.222. The lowest BCUT2D eigenvalue weighted by Gasteiger charge is -2.20. The maximum absolute atomic E-state index is 14.4. The molecule has 0 aliphatic rings. The van der Waals surface area contributed by atoms with Crippen LogP contribution >= 0.6 is 11.6 Å². The first kappa shape index (κ1) is 23.6. The number of rotatable bonds is 7. The van der Waals surface area contributed by atoms with Crippen LogP contribution in [-0.4, -0.2) is 35.8 Å². The molecule has 0 saturated carbocycles. The Morgan fingerprint density at radius 3 is 2.41 bits per heavy atom. The van der Waals surface area contributed by atoms with Gasteiger partial charge in [0, 0.05) is 46.3 Å². The molecule has 1 aromatic heterocycles. The Bertz CT molecular complexity index is 1290. The first-order valence-corrected chi connectivity index (χ1v) is 11.5. The Labute approximate surface area is 203 Å². The van der Waals surface area contributed by atoms with E-state index in [9.17, 15) is 9.18 Å². The van der Waals surface area contributed by atoms with Crippen LogP contribution in [0.1, 0.15) is 19.4 Å². The molecule has 1 heterocycles. The van der Waals surface area contributed by atoms with Crippen LogP contribution in [-0.2, 0) is 6.54 Å². The Balaban J connectivity index is 1.83. The minimum Gasteiger partial charge on any atom is -0.497 e. The summed E-state index contributed by atoms with van der Waals surface area (Å²) in [7, 11) is 1.61. The Morgan fingerprint density at radius 1 is 1.03 bits per heavy atom. The number of carbonyl (C=O) groups is 1. The highest BCUT2D eigenvalue weighted by molar-refractivity contribution is 6.31. The van der Waals surface area contributed by atoms with Gasteiger partial charge in [-0.15, -0.1) is 0 Å². The quantitative estimate of drug-likeness (QED) is 0.286. The van der Waals surface area contributed by atoms with E-state index < -0.39 is 6.09 Å². The van der Waals surface area contributed by atoms with Crippen LogP contribution < -0.4 is 9.47 Å². The molecule has 176 valence electrons. The summed E-state index contributed by atoms with van der Waals surface area (Å²) in [5, 5.41) is 1.25. The van der Waals surface area contributed by atoms with Gasteiger partial charge in [-0.1, -0.05) is 29.8 Å². The van der Waals surface area contributed by atoms with E-state index >= 15 is 0 Å². The summed E-state index contributed by atoms with van der Waals surface area (Å²) < 4.78 is 27.5. The molecule has 0 aliphatic heterocycles. The highest BCUT2D eigenvalue weighted by atomic mass is 35.5. The molecule has 1 amide bonds. The predicted octanol–water partition coefficient (Wildman–Crippen LogP) is 7.00. The van der Waals surface area contributed by atoms with Gasteiger partial charge in [0.25, 0.3) is 0 Å². The van der Waals surface area contributed by atoms with Crippen molar-refractivity contribution in [1.82, 2.24) is 9.47 Å². The third kappa shape index (κ3) is 4.59. The molecule has 0 bridgehead atoms. The number of benzene rings is 3. The molecule has 0 aliphatic carbocycles. The van der Waals surface area contributed by atoms with Gasteiger partial charge in [-0.25, -0.2) is 9.18 Å². The van der Waals surface area contributed by atoms with E-state index in [-0.39, 0.29) is 12.4 Å². The number of carbonyl (C=O) groups excluding carboxylic acids is 1. The largest absolute Gasteiger partial charge is 0.497 e. The minimum absolute atomic E-state index is 0.273. The number of aromatic nitrogens is 1. The number of hydrogen-bond donors (Lipinski definition) is 0. The van der Waals surface area contributed by atoms with Crippen molar-refractivity contribution in [3.05, 3.63) is 83.3 Å². The third-order valence-corrected chi connectivity index (χ3v) is 6.26. The van der Waals surface area contributed by atoms with Crippen molar-refractivity contribution in [3.63, 3.8) is 0 Å². The van der Waals surface area contributed by atoms with Crippen LogP contribution in [0.5, 0.6) is 11.5 Å². The summed E-state index contributed by atoms with van der Waals surface area (Å²) in [6.45, 7) is 5.19. The van der Waals surface area contributed by atoms with E-state index in [4.69, 9.17) is 21.1 Å². The Kier molecular flexibility index (Phi) is 7.08. The molecule has 0 fully saturated rings. The van der Waals surface area contributed by atoms with E-state index in [1.165, 1.54) is 6.07 Å². The molecule has 0 atom stereocenters. The summed E-state index contributed by atoms with van der Waals surface area (Å²) in [4.78, 5) is 14.4. The maximum Gasteiger partial charge on any atom is 0.415 e. The van der Waals surface area contributed by atoms with Gasteiger partial charge < -0.3 is 18.9 Å². The molecular formula is C27H26ClFN2O3. The van der Waals surface area contributed by atoms with Crippen molar-refractivity contribution in [3.8, 4) is 22.6 Å². The number of fused-ring (bicyclic) bond motifs is 1. The molecule has 3 aromatic carbocycles. The molecular weight excluding hydrogens is 455 g/mol. The predicted molar refractivity (Wildman–Crippen MR) is 133 cm³/mol. The van der Waals surface area contributed by atoms with Crippen molar-refractivity contribution >= 4 is 28.6 Å². The topological polar surface area (TPSA) is 43.7 Å². The highest BCUT2D eigenvalue weighted by Gasteiger charge is 2.19. The summed E-state index contributed by atoms with van der Waals surface area (Å²) >= 11 is 6.27. The van der Waals surface area contributed by atoms with Crippen LogP contribution in [0.25, 0.3) is 22.0 Å². The zero-order valence-corrected chi connectivity index (χ0v) is 20.1. The second-order valence-electron chi connectivity index (χ2n) is 7.78. The molecule has 4 aromatic rings. The monoisotopic (exact) mass is 480 g/mol. The third-order valence-electron chi connectivity index (χ3n) is 5.90. The normalized spacial score (nSPS) is 11.0. The fourth-order valence-electron chi connectivity index (χ4n) is 4.03. The first-order valence-electron chi connectivity index (χ1n) is 11.1. The van der Waals surface area contributed by atoms with E-state index in [1.807, 2.05) is 61.0 Å². The van der Waals surface area contributed by atoms with E-state index in [2.05, 4.69) is 0 Å². The van der Waals surface area contributed by atoms with Crippen molar-refractivity contribution < 1.29 is 18.7 Å². The van der Waals surface area contributed by atoms with E-state index in [0.29, 0.717) is 29.4 Å². The van der Waals surface area contributed by atoms with Gasteiger partial charge in [-0.2, -0.15) is 0 Å². The zero-order valence-electron chi connectivity index (χ0n) is 19.3. The molecule has 34 heavy (non-hydrogen) atoms. The fourth-order valence-corrected chi connectivity index (χ4v) is 4.25. The lowest BCUT2D eigenvalue weighted by Crippen LogP contribution is -2.33. The number of methoxy groups -OCH3 is 1. The molecule has 7 heteroatoms. The van der Waals surface area contributed by atoms with Gasteiger partial charge in [0.05, 0.1) is 13.7 Å². The van der Waals surface area contributed by atoms with E-state index in [1.54, 1.807) is 30.2 Å². The smallest absolute Gasteiger partial charge is 0.415 e. The summed E-state index contributed by atoms with van der Waals surface area (Å²) in [6, 6.07) is 17.8. The van der Waals surface area contributed by atoms with Crippen LogP contribution in [0.2, 0.25) is 5.02 Å². The maximum atomic E-state index is 14.4. The zero-order chi connectivity index (χ0) is 24.2. The van der Waals surface area contributed by atoms with Crippen molar-refractivity contribution in [2.24, 2.45) is 0 Å². The summed E-state index contributed by atoms with van der Waals surface area (Å²) in [5.74, 6) is 0.829. The van der Waals surface area contributed by atoms with E-state index in [0.717, 1.165) is 27.8 Å². The molecule has 0 N–H and O–H groups in total. The van der Waals surface area contributed by atoms with Crippen LogP contribution in [0, 0.1) is 5.82 Å². The van der Waals surface area contributed by atoms with Gasteiger partial charge in [0.1, 0.15) is 17.3 Å². The summed E-state index contributed by atoms with van der Waals surface area (Å²) in [6.07, 6.45) is 1.48. The minimum atomic E-state index is -0.406. The second kappa shape index (κ2) is 10.2. The molecule has 0 unspecified atom stereocenters. The summed E-state index contributed by atoms with van der Waals surface area (Å²) in [5.41, 5.74) is 2.94. The Hall–Kier alpha value is -3.51. The number of nitrogens with zero attached hydrogens (tertiary/aromatic N) is 2. The SMILES string of the molecule is CCN(CC)C(=O)Oc1ccc2c(ccn2Cc2c(F)cccc2Cl)c1-c1ccc(OC)cc1. The number of halogens is 2. The van der Waals surface area contributed by atoms with Crippen LogP contribution in [0.3, 0.4) is 0 Å². The molecule has 4 rings (SSSR count). The van der Waals surface area contributed by atoms with Crippen molar-refractivity contribution in [2.45, 2.75) is 20.4 Å². The average molecular weight is 481 g/mol. The van der Waals surface area contributed by atoms with Gasteiger partial charge in [0.2, 0.25) is 0 Å². The van der Waals surface area contributed by atoms with Crippen LogP contribution in [0.4, 0.5) is 9.18 Å². The van der Waals surface area contributed by atoms with Crippen LogP contribution in [0.15, 0.2) is 66.9 Å². The highest BCUT2D eigenvalue weighted by Crippen LogP contribution is 2.39. The van der Waals surface area contributed by atoms with Crippen molar-refractivity contribution in [1.29, 1.82) is 0 Å². The lowest BCUT2D eigenvalue weighted by atomic mass is 10.0. The van der Waals surface area contributed by atoms with Crippen molar-refractivity contribution in [2.75, 3.05) is 20.2 Å².